The van der Waals surface area contributed by atoms with Crippen molar-refractivity contribution in [2.24, 2.45) is 11.7 Å². The van der Waals surface area contributed by atoms with Crippen molar-refractivity contribution in [3.05, 3.63) is 34.6 Å². The molecule has 1 aliphatic rings. The lowest BCUT2D eigenvalue weighted by Crippen LogP contribution is -2.27. The highest BCUT2D eigenvalue weighted by molar-refractivity contribution is 6.30. The minimum Gasteiger partial charge on any atom is -0.391 e. The molecule has 1 aliphatic carbocycles. The fourth-order valence-corrected chi connectivity index (χ4v) is 1.84. The number of benzene rings is 1. The Bertz CT molecular complexity index is 368. The van der Waals surface area contributed by atoms with E-state index in [0.29, 0.717) is 11.5 Å². The van der Waals surface area contributed by atoms with E-state index in [1.54, 1.807) is 6.07 Å². The summed E-state index contributed by atoms with van der Waals surface area (Å²) in [5.74, 6) is -0.169. The largest absolute Gasteiger partial charge is 0.391 e. The molecule has 15 heavy (non-hydrogen) atoms. The molecule has 1 aromatic rings. The maximum Gasteiger partial charge on any atom is 0.141 e. The van der Waals surface area contributed by atoms with Crippen molar-refractivity contribution in [1.29, 1.82) is 0 Å². The summed E-state index contributed by atoms with van der Waals surface area (Å²) in [7, 11) is 0. The zero-order valence-electron chi connectivity index (χ0n) is 8.16. The van der Waals surface area contributed by atoms with Crippen molar-refractivity contribution in [2.75, 3.05) is 0 Å². The van der Waals surface area contributed by atoms with Crippen LogP contribution in [0.4, 0.5) is 4.39 Å². The average Bonchev–Trinajstić information content (AvgIpc) is 3.03. The summed E-state index contributed by atoms with van der Waals surface area (Å²) < 4.78 is 12.9. The van der Waals surface area contributed by atoms with E-state index in [-0.39, 0.29) is 5.02 Å². The summed E-state index contributed by atoms with van der Waals surface area (Å²) >= 11 is 5.65. The van der Waals surface area contributed by atoms with Crippen LogP contribution in [0.3, 0.4) is 0 Å². The first kappa shape index (κ1) is 10.9. The standard InChI is InChI=1S/C11H13ClFNO/c12-8-5-7(3-4-9(8)13)10(14)11(15)6-1-2-6/h3-6,10-11,15H,1-2,14H2/t10-,11+/m1/s1. The topological polar surface area (TPSA) is 46.2 Å². The molecule has 2 rings (SSSR count). The van der Waals surface area contributed by atoms with Gasteiger partial charge < -0.3 is 10.8 Å². The molecular formula is C11H13ClFNO. The number of aliphatic hydroxyl groups is 1. The fourth-order valence-electron chi connectivity index (χ4n) is 1.65. The molecule has 0 bridgehead atoms. The van der Waals surface area contributed by atoms with Gasteiger partial charge in [0.2, 0.25) is 0 Å². The lowest BCUT2D eigenvalue weighted by molar-refractivity contribution is 0.122. The molecule has 0 amide bonds. The molecule has 3 N–H and O–H groups in total. The Morgan fingerprint density at radius 1 is 1.47 bits per heavy atom. The van der Waals surface area contributed by atoms with E-state index < -0.39 is 18.0 Å². The Morgan fingerprint density at radius 2 is 2.13 bits per heavy atom. The average molecular weight is 230 g/mol. The van der Waals surface area contributed by atoms with Gasteiger partial charge in [0.25, 0.3) is 0 Å². The second-order valence-corrected chi connectivity index (χ2v) is 4.43. The van der Waals surface area contributed by atoms with Crippen LogP contribution in [0, 0.1) is 11.7 Å². The quantitative estimate of drug-likeness (QED) is 0.835. The molecule has 2 nitrogen and oxygen atoms in total. The minimum absolute atomic E-state index is 0.0472. The molecule has 2 atom stereocenters. The number of nitrogens with two attached hydrogens (primary N) is 1. The molecule has 0 spiro atoms. The number of halogens is 2. The van der Waals surface area contributed by atoms with E-state index in [1.807, 2.05) is 0 Å². The lowest BCUT2D eigenvalue weighted by Gasteiger charge is -2.18. The van der Waals surface area contributed by atoms with Crippen LogP contribution in [-0.4, -0.2) is 11.2 Å². The van der Waals surface area contributed by atoms with Gasteiger partial charge in [0.15, 0.2) is 0 Å². The summed E-state index contributed by atoms with van der Waals surface area (Å²) in [4.78, 5) is 0. The van der Waals surface area contributed by atoms with E-state index >= 15 is 0 Å². The van der Waals surface area contributed by atoms with E-state index in [9.17, 15) is 9.50 Å². The highest BCUT2D eigenvalue weighted by Crippen LogP contribution is 2.37. The van der Waals surface area contributed by atoms with Gasteiger partial charge in [-0.15, -0.1) is 0 Å². The van der Waals surface area contributed by atoms with Crippen LogP contribution < -0.4 is 5.73 Å². The van der Waals surface area contributed by atoms with Gasteiger partial charge in [-0.25, -0.2) is 4.39 Å². The molecule has 0 heterocycles. The summed E-state index contributed by atoms with van der Waals surface area (Å²) in [6, 6.07) is 3.84. The molecule has 0 unspecified atom stereocenters. The minimum atomic E-state index is -0.550. The Hall–Kier alpha value is -0.640. The zero-order chi connectivity index (χ0) is 11.0. The molecule has 0 aliphatic heterocycles. The van der Waals surface area contributed by atoms with Crippen molar-refractivity contribution in [1.82, 2.24) is 0 Å². The summed E-state index contributed by atoms with van der Waals surface area (Å²) in [6.07, 6.45) is 1.49. The van der Waals surface area contributed by atoms with Gasteiger partial charge in [-0.05, 0) is 36.5 Å². The molecule has 82 valence electrons. The summed E-state index contributed by atoms with van der Waals surface area (Å²) in [6.45, 7) is 0. The summed E-state index contributed by atoms with van der Waals surface area (Å²) in [5, 5.41) is 9.86. The van der Waals surface area contributed by atoms with Gasteiger partial charge >= 0.3 is 0 Å². The molecule has 4 heteroatoms. The van der Waals surface area contributed by atoms with Crippen LogP contribution in [0.2, 0.25) is 5.02 Å². The fraction of sp³-hybridized carbons (Fsp3) is 0.455. The Kier molecular flexibility index (Phi) is 2.96. The number of hydrogen-bond acceptors (Lipinski definition) is 2. The summed E-state index contributed by atoms with van der Waals surface area (Å²) in [5.41, 5.74) is 6.55. The zero-order valence-corrected chi connectivity index (χ0v) is 8.91. The van der Waals surface area contributed by atoms with Gasteiger partial charge in [-0.2, -0.15) is 0 Å². The van der Waals surface area contributed by atoms with Gasteiger partial charge in [-0.1, -0.05) is 17.7 Å². The highest BCUT2D eigenvalue weighted by atomic mass is 35.5. The maximum absolute atomic E-state index is 12.9. The lowest BCUT2D eigenvalue weighted by atomic mass is 9.99. The molecule has 1 aromatic carbocycles. The SMILES string of the molecule is N[C@H](c1ccc(F)c(Cl)c1)[C@@H](O)C1CC1. The maximum atomic E-state index is 12.9. The van der Waals surface area contributed by atoms with Crippen LogP contribution >= 0.6 is 11.6 Å². The van der Waals surface area contributed by atoms with Crippen LogP contribution in [0.1, 0.15) is 24.4 Å². The number of rotatable bonds is 3. The predicted octanol–water partition coefficient (Wildman–Crippen LogP) is 2.25. The first-order chi connectivity index (χ1) is 7.09. The second-order valence-electron chi connectivity index (χ2n) is 4.03. The van der Waals surface area contributed by atoms with Gasteiger partial charge in [0.05, 0.1) is 17.2 Å². The third kappa shape index (κ3) is 2.30. The highest BCUT2D eigenvalue weighted by Gasteiger charge is 2.34. The van der Waals surface area contributed by atoms with E-state index in [4.69, 9.17) is 17.3 Å². The van der Waals surface area contributed by atoms with Crippen molar-refractivity contribution < 1.29 is 9.50 Å². The number of aliphatic hydroxyl groups excluding tert-OH is 1. The Balaban J connectivity index is 2.17. The van der Waals surface area contributed by atoms with Crippen molar-refractivity contribution >= 4 is 11.6 Å². The molecule has 0 radical (unpaired) electrons. The Labute approximate surface area is 92.9 Å². The van der Waals surface area contributed by atoms with E-state index in [1.165, 1.54) is 12.1 Å². The van der Waals surface area contributed by atoms with Crippen LogP contribution in [0.5, 0.6) is 0 Å². The first-order valence-electron chi connectivity index (χ1n) is 4.98. The van der Waals surface area contributed by atoms with Crippen LogP contribution in [0.15, 0.2) is 18.2 Å². The van der Waals surface area contributed by atoms with Crippen LogP contribution in [0.25, 0.3) is 0 Å². The van der Waals surface area contributed by atoms with Gasteiger partial charge in [0, 0.05) is 0 Å². The van der Waals surface area contributed by atoms with Crippen molar-refractivity contribution in [3.8, 4) is 0 Å². The van der Waals surface area contributed by atoms with E-state index in [2.05, 4.69) is 0 Å². The molecular weight excluding hydrogens is 217 g/mol. The van der Waals surface area contributed by atoms with Crippen LogP contribution in [-0.2, 0) is 0 Å². The molecule has 0 aromatic heterocycles. The first-order valence-corrected chi connectivity index (χ1v) is 5.36. The third-order valence-electron chi connectivity index (χ3n) is 2.80. The Morgan fingerprint density at radius 3 is 2.67 bits per heavy atom. The molecule has 1 fully saturated rings. The van der Waals surface area contributed by atoms with E-state index in [0.717, 1.165) is 12.8 Å². The third-order valence-corrected chi connectivity index (χ3v) is 3.09. The molecule has 1 saturated carbocycles. The van der Waals surface area contributed by atoms with Gasteiger partial charge in [0.1, 0.15) is 5.82 Å². The monoisotopic (exact) mass is 229 g/mol. The second kappa shape index (κ2) is 4.08. The normalized spacial score (nSPS) is 20.0. The molecule has 0 saturated heterocycles. The van der Waals surface area contributed by atoms with Crippen molar-refractivity contribution in [3.63, 3.8) is 0 Å². The smallest absolute Gasteiger partial charge is 0.141 e. The van der Waals surface area contributed by atoms with Gasteiger partial charge in [-0.3, -0.25) is 0 Å². The van der Waals surface area contributed by atoms with Crippen molar-refractivity contribution in [2.45, 2.75) is 25.0 Å². The predicted molar refractivity (Wildman–Crippen MR) is 57.1 cm³/mol. The number of hydrogen-bond donors (Lipinski definition) is 2.